The molecule has 15 heavy (non-hydrogen) atoms. The Kier molecular flexibility index (Phi) is 2.19. The molecule has 0 aliphatic carbocycles. The van der Waals surface area contributed by atoms with Crippen LogP contribution in [0.1, 0.15) is 22.3 Å². The third-order valence-electron chi connectivity index (χ3n) is 2.55. The lowest BCUT2D eigenvalue weighted by atomic mass is 9.99. The van der Waals surface area contributed by atoms with Crippen LogP contribution in [0, 0.1) is 12.7 Å². The molecule has 1 aromatic carbocycles. The SMILES string of the molecule is Cc1cc(F)cc2c1NC(=S)C(C)(C)N2.[HH].[HH]. The van der Waals surface area contributed by atoms with Crippen LogP contribution in [0.25, 0.3) is 0 Å². The minimum atomic E-state index is -0.331. The van der Waals surface area contributed by atoms with Gasteiger partial charge in [-0.2, -0.15) is 0 Å². The van der Waals surface area contributed by atoms with Crippen LogP contribution in [-0.4, -0.2) is 10.5 Å². The molecular weight excluding hydrogens is 211 g/mol. The number of hydrogen-bond donors (Lipinski definition) is 2. The first-order valence-corrected chi connectivity index (χ1v) is 5.21. The normalized spacial score (nSPS) is 17.7. The quantitative estimate of drug-likeness (QED) is 0.664. The monoisotopic (exact) mass is 228 g/mol. The summed E-state index contributed by atoms with van der Waals surface area (Å²) >= 11 is 5.24. The molecule has 0 unspecified atom stereocenters. The van der Waals surface area contributed by atoms with Gasteiger partial charge in [0.1, 0.15) is 10.8 Å². The van der Waals surface area contributed by atoms with E-state index in [2.05, 4.69) is 10.6 Å². The van der Waals surface area contributed by atoms with Gasteiger partial charge < -0.3 is 10.6 Å². The number of hydrogen-bond acceptors (Lipinski definition) is 2. The van der Waals surface area contributed by atoms with Gasteiger partial charge >= 0.3 is 0 Å². The van der Waals surface area contributed by atoms with Crippen molar-refractivity contribution < 1.29 is 7.24 Å². The molecule has 2 nitrogen and oxygen atoms in total. The summed E-state index contributed by atoms with van der Waals surface area (Å²) in [4.78, 5) is 0.727. The predicted molar refractivity (Wildman–Crippen MR) is 69.3 cm³/mol. The smallest absolute Gasteiger partial charge is 0.125 e. The standard InChI is InChI=1S/C11H13FN2S.2H2/c1-6-4-7(12)5-8-9(6)13-10(15)11(2,3)14-8;;/h4-5,14H,1-3H3,(H,13,15);2*1H. The van der Waals surface area contributed by atoms with E-state index < -0.39 is 0 Å². The van der Waals surface area contributed by atoms with E-state index in [1.54, 1.807) is 0 Å². The second-order valence-corrected chi connectivity index (χ2v) is 4.76. The van der Waals surface area contributed by atoms with Crippen molar-refractivity contribution in [2.75, 3.05) is 10.6 Å². The topological polar surface area (TPSA) is 24.1 Å². The highest BCUT2D eigenvalue weighted by atomic mass is 32.1. The molecule has 1 aliphatic heterocycles. The van der Waals surface area contributed by atoms with E-state index in [-0.39, 0.29) is 14.2 Å². The minimum absolute atomic E-state index is 0. The molecule has 0 saturated carbocycles. The average Bonchev–Trinajstić information content (AvgIpc) is 2.08. The van der Waals surface area contributed by atoms with Crippen molar-refractivity contribution in [3.8, 4) is 0 Å². The van der Waals surface area contributed by atoms with Crippen LogP contribution in [0.2, 0.25) is 0 Å². The maximum Gasteiger partial charge on any atom is 0.125 e. The first-order chi connectivity index (χ1) is 6.90. The largest absolute Gasteiger partial charge is 0.372 e. The highest BCUT2D eigenvalue weighted by Crippen LogP contribution is 2.34. The van der Waals surface area contributed by atoms with Gasteiger partial charge in [0.25, 0.3) is 0 Å². The van der Waals surface area contributed by atoms with Gasteiger partial charge in [0, 0.05) is 2.85 Å². The van der Waals surface area contributed by atoms with Crippen molar-refractivity contribution in [3.63, 3.8) is 0 Å². The van der Waals surface area contributed by atoms with Crippen molar-refractivity contribution in [1.29, 1.82) is 0 Å². The molecule has 0 spiro atoms. The van der Waals surface area contributed by atoms with Crippen molar-refractivity contribution in [2.45, 2.75) is 26.3 Å². The molecule has 0 radical (unpaired) electrons. The summed E-state index contributed by atoms with van der Waals surface area (Å²) in [5, 5.41) is 6.37. The zero-order valence-electron chi connectivity index (χ0n) is 8.94. The summed E-state index contributed by atoms with van der Waals surface area (Å²) in [6, 6.07) is 2.98. The van der Waals surface area contributed by atoms with Crippen molar-refractivity contribution >= 4 is 28.6 Å². The second-order valence-electron chi connectivity index (χ2n) is 4.35. The van der Waals surface area contributed by atoms with E-state index in [1.807, 2.05) is 20.8 Å². The van der Waals surface area contributed by atoms with E-state index in [0.29, 0.717) is 0 Å². The second kappa shape index (κ2) is 3.17. The van der Waals surface area contributed by atoms with Gasteiger partial charge in [0.2, 0.25) is 0 Å². The number of anilines is 2. The van der Waals surface area contributed by atoms with E-state index >= 15 is 0 Å². The van der Waals surface area contributed by atoms with Gasteiger partial charge in [0.05, 0.1) is 16.9 Å². The average molecular weight is 228 g/mol. The minimum Gasteiger partial charge on any atom is -0.372 e. The van der Waals surface area contributed by atoms with E-state index in [1.165, 1.54) is 12.1 Å². The Hall–Kier alpha value is -1.16. The highest BCUT2D eigenvalue weighted by Gasteiger charge is 2.30. The zero-order chi connectivity index (χ0) is 11.2. The molecule has 0 amide bonds. The van der Waals surface area contributed by atoms with Gasteiger partial charge in [0.15, 0.2) is 0 Å². The van der Waals surface area contributed by atoms with Crippen molar-refractivity contribution in [2.24, 2.45) is 0 Å². The highest BCUT2D eigenvalue weighted by molar-refractivity contribution is 7.80. The first-order valence-electron chi connectivity index (χ1n) is 4.80. The molecule has 0 bridgehead atoms. The van der Waals surface area contributed by atoms with E-state index in [9.17, 15) is 4.39 Å². The Morgan fingerprint density at radius 1 is 1.40 bits per heavy atom. The molecule has 4 heteroatoms. The van der Waals surface area contributed by atoms with Gasteiger partial charge in [-0.05, 0) is 38.5 Å². The van der Waals surface area contributed by atoms with Gasteiger partial charge in [-0.25, -0.2) is 4.39 Å². The summed E-state index contributed by atoms with van der Waals surface area (Å²) < 4.78 is 13.2. The van der Waals surface area contributed by atoms with Crippen LogP contribution >= 0.6 is 12.2 Å². The fourth-order valence-electron chi connectivity index (χ4n) is 1.67. The number of thiocarbonyl (C=S) groups is 1. The Morgan fingerprint density at radius 3 is 2.73 bits per heavy atom. The number of nitrogens with one attached hydrogen (secondary N) is 2. The number of halogens is 1. The molecule has 0 fully saturated rings. The maximum atomic E-state index is 13.2. The van der Waals surface area contributed by atoms with Gasteiger partial charge in [-0.15, -0.1) is 0 Å². The molecule has 1 aliphatic rings. The van der Waals surface area contributed by atoms with Crippen LogP contribution in [-0.2, 0) is 0 Å². The van der Waals surface area contributed by atoms with Crippen molar-refractivity contribution in [1.82, 2.24) is 0 Å². The summed E-state index contributed by atoms with van der Waals surface area (Å²) in [5.41, 5.74) is 2.17. The lowest BCUT2D eigenvalue weighted by Crippen LogP contribution is -2.46. The lowest BCUT2D eigenvalue weighted by molar-refractivity contribution is 0.626. The summed E-state index contributed by atoms with van der Waals surface area (Å²) in [6.07, 6.45) is 0. The zero-order valence-corrected chi connectivity index (χ0v) is 9.76. The molecule has 2 N–H and O–H groups in total. The molecule has 0 aromatic heterocycles. The van der Waals surface area contributed by atoms with E-state index in [0.717, 1.165) is 21.9 Å². The summed E-state index contributed by atoms with van der Waals surface area (Å²) in [6.45, 7) is 5.79. The van der Waals surface area contributed by atoms with E-state index in [4.69, 9.17) is 12.2 Å². The van der Waals surface area contributed by atoms with Crippen LogP contribution < -0.4 is 10.6 Å². The van der Waals surface area contributed by atoms with Crippen LogP contribution in [0.3, 0.4) is 0 Å². The summed E-state index contributed by atoms with van der Waals surface area (Å²) in [7, 11) is 0. The van der Waals surface area contributed by atoms with Crippen LogP contribution in [0.5, 0.6) is 0 Å². The summed E-state index contributed by atoms with van der Waals surface area (Å²) in [5.74, 6) is -0.232. The predicted octanol–water partition coefficient (Wildman–Crippen LogP) is 3.57. The molecular formula is C11H17FN2S. The molecule has 0 atom stereocenters. The Labute approximate surface area is 96.8 Å². The number of fused-ring (bicyclic) bond motifs is 1. The fourth-order valence-corrected chi connectivity index (χ4v) is 1.82. The number of benzene rings is 1. The lowest BCUT2D eigenvalue weighted by Gasteiger charge is -2.36. The number of rotatable bonds is 0. The number of aryl methyl sites for hydroxylation is 1. The van der Waals surface area contributed by atoms with Crippen molar-refractivity contribution in [3.05, 3.63) is 23.5 Å². The Morgan fingerprint density at radius 2 is 2.07 bits per heavy atom. The third kappa shape index (κ3) is 1.69. The molecule has 1 heterocycles. The fraction of sp³-hybridized carbons (Fsp3) is 0.364. The molecule has 1 aromatic rings. The van der Waals surface area contributed by atoms with Crippen LogP contribution in [0.4, 0.5) is 15.8 Å². The molecule has 0 saturated heterocycles. The first kappa shape index (κ1) is 10.4. The van der Waals surface area contributed by atoms with Gasteiger partial charge in [-0.1, -0.05) is 12.2 Å². The Bertz CT molecular complexity index is 449. The molecule has 84 valence electrons. The van der Waals surface area contributed by atoms with Gasteiger partial charge in [-0.3, -0.25) is 0 Å². The van der Waals surface area contributed by atoms with Crippen LogP contribution in [0.15, 0.2) is 12.1 Å². The Balaban J connectivity index is 0.00000128. The maximum absolute atomic E-state index is 13.2. The molecule has 2 rings (SSSR count). The third-order valence-corrected chi connectivity index (χ3v) is 3.17.